The van der Waals surface area contributed by atoms with Gasteiger partial charge in [-0.15, -0.1) is 23.5 Å². The molecule has 0 aromatic heterocycles. The molecule has 0 amide bonds. The SMILES string of the molecule is OC(c1ccc(C(O)(c2ccccc2)c2ccccc2)cc1)C1SCCCS1. The van der Waals surface area contributed by atoms with Gasteiger partial charge in [-0.05, 0) is 40.2 Å². The van der Waals surface area contributed by atoms with Crippen LogP contribution in [-0.4, -0.2) is 26.3 Å². The lowest BCUT2D eigenvalue weighted by atomic mass is 9.80. The quantitative estimate of drug-likeness (QED) is 0.569. The average Bonchev–Trinajstić information content (AvgIpc) is 2.80. The summed E-state index contributed by atoms with van der Waals surface area (Å²) in [5.41, 5.74) is 2.12. The van der Waals surface area contributed by atoms with Crippen LogP contribution in [0.2, 0.25) is 0 Å². The third kappa shape index (κ3) is 3.87. The summed E-state index contributed by atoms with van der Waals surface area (Å²) in [6, 6.07) is 27.3. The zero-order chi connectivity index (χ0) is 19.4. The molecule has 1 heterocycles. The number of aliphatic hydroxyl groups is 2. The second-order valence-corrected chi connectivity index (χ2v) is 9.77. The van der Waals surface area contributed by atoms with E-state index in [2.05, 4.69) is 0 Å². The van der Waals surface area contributed by atoms with Crippen LogP contribution in [0.5, 0.6) is 0 Å². The first-order chi connectivity index (χ1) is 13.7. The van der Waals surface area contributed by atoms with Gasteiger partial charge in [0.2, 0.25) is 0 Å². The van der Waals surface area contributed by atoms with Crippen molar-refractivity contribution in [3.05, 3.63) is 107 Å². The summed E-state index contributed by atoms with van der Waals surface area (Å²) in [5.74, 6) is 2.21. The van der Waals surface area contributed by atoms with Gasteiger partial charge in [0.05, 0.1) is 10.7 Å². The Balaban J connectivity index is 1.70. The van der Waals surface area contributed by atoms with E-state index in [1.54, 1.807) is 0 Å². The molecule has 2 N–H and O–H groups in total. The van der Waals surface area contributed by atoms with E-state index in [0.29, 0.717) is 0 Å². The van der Waals surface area contributed by atoms with Crippen molar-refractivity contribution >= 4 is 23.5 Å². The van der Waals surface area contributed by atoms with E-state index in [9.17, 15) is 10.2 Å². The van der Waals surface area contributed by atoms with Crippen molar-refractivity contribution in [3.8, 4) is 0 Å². The molecular formula is C24H24O2S2. The third-order valence-corrected chi connectivity index (χ3v) is 8.20. The first-order valence-electron chi connectivity index (χ1n) is 9.55. The molecule has 1 unspecified atom stereocenters. The van der Waals surface area contributed by atoms with Gasteiger partial charge in [0.15, 0.2) is 0 Å². The highest BCUT2D eigenvalue weighted by Gasteiger charge is 2.34. The molecule has 1 saturated heterocycles. The van der Waals surface area contributed by atoms with Crippen molar-refractivity contribution in [1.29, 1.82) is 0 Å². The molecule has 0 saturated carbocycles. The number of rotatable bonds is 5. The molecule has 144 valence electrons. The lowest BCUT2D eigenvalue weighted by Gasteiger charge is -2.31. The molecule has 3 aromatic carbocycles. The van der Waals surface area contributed by atoms with Gasteiger partial charge >= 0.3 is 0 Å². The maximum atomic E-state index is 11.8. The minimum absolute atomic E-state index is 0.182. The second-order valence-electron chi connectivity index (χ2n) is 6.97. The van der Waals surface area contributed by atoms with Crippen LogP contribution in [0.15, 0.2) is 84.9 Å². The van der Waals surface area contributed by atoms with Crippen molar-refractivity contribution < 1.29 is 10.2 Å². The summed E-state index contributed by atoms with van der Waals surface area (Å²) in [7, 11) is 0. The predicted molar refractivity (Wildman–Crippen MR) is 120 cm³/mol. The van der Waals surface area contributed by atoms with E-state index in [-0.39, 0.29) is 4.58 Å². The van der Waals surface area contributed by atoms with E-state index in [0.717, 1.165) is 33.8 Å². The van der Waals surface area contributed by atoms with Gasteiger partial charge in [-0.25, -0.2) is 0 Å². The first kappa shape index (κ1) is 19.6. The van der Waals surface area contributed by atoms with E-state index in [1.807, 2.05) is 108 Å². The summed E-state index contributed by atoms with van der Waals surface area (Å²) < 4.78 is 0.182. The normalized spacial score (nSPS) is 16.6. The fourth-order valence-corrected chi connectivity index (χ4v) is 6.54. The molecule has 0 aliphatic carbocycles. The Morgan fingerprint density at radius 3 is 1.68 bits per heavy atom. The van der Waals surface area contributed by atoms with Gasteiger partial charge in [0, 0.05) is 0 Å². The standard InChI is InChI=1S/C24H24O2S2/c25-22(23-27-16-7-17-28-23)18-12-14-21(15-13-18)24(26,19-8-3-1-4-9-19)20-10-5-2-6-11-20/h1-6,8-15,22-23,25-26H,7,16-17H2. The monoisotopic (exact) mass is 408 g/mol. The van der Waals surface area contributed by atoms with E-state index in [1.165, 1.54) is 6.42 Å². The van der Waals surface area contributed by atoms with Crippen LogP contribution >= 0.6 is 23.5 Å². The number of hydrogen-bond acceptors (Lipinski definition) is 4. The molecule has 0 radical (unpaired) electrons. The van der Waals surface area contributed by atoms with Crippen molar-refractivity contribution in [2.45, 2.75) is 22.7 Å². The Bertz CT molecular complexity index is 836. The maximum Gasteiger partial charge on any atom is 0.140 e. The highest BCUT2D eigenvalue weighted by atomic mass is 32.2. The van der Waals surface area contributed by atoms with Crippen LogP contribution in [0.1, 0.15) is 34.8 Å². The second kappa shape index (κ2) is 8.75. The first-order valence-corrected chi connectivity index (χ1v) is 11.6. The summed E-state index contributed by atoms with van der Waals surface area (Å²) in [4.78, 5) is 0. The number of hydrogen-bond donors (Lipinski definition) is 2. The van der Waals surface area contributed by atoms with Gasteiger partial charge in [0.25, 0.3) is 0 Å². The summed E-state index contributed by atoms with van der Waals surface area (Å²) in [5, 5.41) is 22.6. The predicted octanol–water partition coefficient (Wildman–Crippen LogP) is 5.20. The Hall–Kier alpha value is -1.72. The Labute approximate surface area is 175 Å². The molecule has 0 spiro atoms. The molecule has 3 aromatic rings. The zero-order valence-electron chi connectivity index (χ0n) is 15.6. The van der Waals surface area contributed by atoms with Crippen LogP contribution in [0.25, 0.3) is 0 Å². The van der Waals surface area contributed by atoms with Gasteiger partial charge in [-0.3, -0.25) is 0 Å². The smallest absolute Gasteiger partial charge is 0.140 e. The molecule has 28 heavy (non-hydrogen) atoms. The van der Waals surface area contributed by atoms with Crippen molar-refractivity contribution in [2.75, 3.05) is 11.5 Å². The minimum Gasteiger partial charge on any atom is -0.386 e. The maximum absolute atomic E-state index is 11.8. The van der Waals surface area contributed by atoms with Gasteiger partial charge < -0.3 is 10.2 Å². The van der Waals surface area contributed by atoms with Crippen LogP contribution in [0.4, 0.5) is 0 Å². The van der Waals surface area contributed by atoms with Gasteiger partial charge in [0.1, 0.15) is 5.60 Å². The third-order valence-electron chi connectivity index (χ3n) is 5.16. The molecule has 4 rings (SSSR count). The van der Waals surface area contributed by atoms with Crippen LogP contribution < -0.4 is 0 Å². The molecule has 1 aliphatic rings. The van der Waals surface area contributed by atoms with Crippen molar-refractivity contribution in [1.82, 2.24) is 0 Å². The molecule has 0 bridgehead atoms. The van der Waals surface area contributed by atoms with E-state index >= 15 is 0 Å². The molecular weight excluding hydrogens is 384 g/mol. The summed E-state index contributed by atoms with van der Waals surface area (Å²) >= 11 is 3.67. The van der Waals surface area contributed by atoms with Gasteiger partial charge in [-0.1, -0.05) is 84.9 Å². The summed E-state index contributed by atoms with van der Waals surface area (Å²) in [6.07, 6.45) is 0.712. The van der Waals surface area contributed by atoms with Crippen molar-refractivity contribution in [3.63, 3.8) is 0 Å². The zero-order valence-corrected chi connectivity index (χ0v) is 17.2. The summed E-state index contributed by atoms with van der Waals surface area (Å²) in [6.45, 7) is 0. The van der Waals surface area contributed by atoms with E-state index < -0.39 is 11.7 Å². The number of aliphatic hydroxyl groups excluding tert-OH is 1. The molecule has 1 fully saturated rings. The fraction of sp³-hybridized carbons (Fsp3) is 0.250. The van der Waals surface area contributed by atoms with Crippen LogP contribution in [-0.2, 0) is 5.60 Å². The van der Waals surface area contributed by atoms with Gasteiger partial charge in [-0.2, -0.15) is 0 Å². The molecule has 1 aliphatic heterocycles. The largest absolute Gasteiger partial charge is 0.386 e. The molecule has 2 nitrogen and oxygen atoms in total. The lowest BCUT2D eigenvalue weighted by Crippen LogP contribution is -2.28. The van der Waals surface area contributed by atoms with Crippen LogP contribution in [0.3, 0.4) is 0 Å². The fourth-order valence-electron chi connectivity index (χ4n) is 3.63. The average molecular weight is 409 g/mol. The molecule has 4 heteroatoms. The topological polar surface area (TPSA) is 40.5 Å². The minimum atomic E-state index is -1.24. The van der Waals surface area contributed by atoms with Crippen molar-refractivity contribution in [2.24, 2.45) is 0 Å². The lowest BCUT2D eigenvalue weighted by molar-refractivity contribution is 0.125. The highest BCUT2D eigenvalue weighted by molar-refractivity contribution is 8.17. The Morgan fingerprint density at radius 2 is 1.18 bits per heavy atom. The highest BCUT2D eigenvalue weighted by Crippen LogP contribution is 2.41. The number of benzene rings is 3. The van der Waals surface area contributed by atoms with Crippen LogP contribution in [0, 0.1) is 0 Å². The van der Waals surface area contributed by atoms with E-state index in [4.69, 9.17) is 0 Å². The Kier molecular flexibility index (Phi) is 6.12. The molecule has 1 atom stereocenters. The number of thioether (sulfide) groups is 2. The Morgan fingerprint density at radius 1 is 0.714 bits per heavy atom.